The molecule has 0 aliphatic carbocycles. The Labute approximate surface area is 174 Å². The Morgan fingerprint density at radius 1 is 1.24 bits per heavy atom. The molecule has 1 saturated heterocycles. The number of nitrogens with one attached hydrogen (secondary N) is 1. The Kier molecular flexibility index (Phi) is 5.32. The number of non-ortho nitro benzene ring substituents is 1. The van der Waals surface area contributed by atoms with Gasteiger partial charge in [0.2, 0.25) is 5.91 Å². The SMILES string of the molecule is CCNC(=O)[C@H]1Cc2cc([N+](=O)[O-])ccc2N2CCN(c3ccccc3Cl)C[C@@H]12. The van der Waals surface area contributed by atoms with E-state index in [9.17, 15) is 14.9 Å². The van der Waals surface area contributed by atoms with Crippen molar-refractivity contribution in [1.82, 2.24) is 5.32 Å². The number of para-hydroxylation sites is 1. The molecule has 2 heterocycles. The predicted molar refractivity (Wildman–Crippen MR) is 114 cm³/mol. The lowest BCUT2D eigenvalue weighted by Gasteiger charge is -2.49. The summed E-state index contributed by atoms with van der Waals surface area (Å²) in [6.45, 7) is 4.60. The van der Waals surface area contributed by atoms with Crippen LogP contribution in [0.5, 0.6) is 0 Å². The molecule has 2 aromatic rings. The Morgan fingerprint density at radius 3 is 2.76 bits per heavy atom. The van der Waals surface area contributed by atoms with Crippen LogP contribution in [0.2, 0.25) is 5.02 Å². The number of halogens is 1. The molecule has 29 heavy (non-hydrogen) atoms. The summed E-state index contributed by atoms with van der Waals surface area (Å²) in [6.07, 6.45) is 0.486. The van der Waals surface area contributed by atoms with Crippen molar-refractivity contribution < 1.29 is 9.72 Å². The molecule has 0 bridgehead atoms. The second kappa shape index (κ2) is 7.91. The van der Waals surface area contributed by atoms with Crippen molar-refractivity contribution in [2.24, 2.45) is 5.92 Å². The van der Waals surface area contributed by atoms with Crippen LogP contribution in [0.25, 0.3) is 0 Å². The van der Waals surface area contributed by atoms with Crippen LogP contribution in [-0.2, 0) is 11.2 Å². The monoisotopic (exact) mass is 414 g/mol. The number of carbonyl (C=O) groups excluding carboxylic acids is 1. The molecular weight excluding hydrogens is 392 g/mol. The first-order valence-electron chi connectivity index (χ1n) is 9.80. The molecule has 7 nitrogen and oxygen atoms in total. The van der Waals surface area contributed by atoms with Crippen molar-refractivity contribution in [3.63, 3.8) is 0 Å². The topological polar surface area (TPSA) is 78.7 Å². The van der Waals surface area contributed by atoms with Crippen molar-refractivity contribution in [2.75, 3.05) is 36.0 Å². The van der Waals surface area contributed by atoms with Crippen LogP contribution in [0, 0.1) is 16.0 Å². The summed E-state index contributed by atoms with van der Waals surface area (Å²) in [5.74, 6) is -0.296. The molecule has 2 aromatic carbocycles. The zero-order valence-electron chi connectivity index (χ0n) is 16.2. The largest absolute Gasteiger partial charge is 0.366 e. The fraction of sp³-hybridized carbons (Fsp3) is 0.381. The van der Waals surface area contributed by atoms with E-state index in [0.29, 0.717) is 24.5 Å². The van der Waals surface area contributed by atoms with Gasteiger partial charge in [0, 0.05) is 44.0 Å². The normalized spacial score (nSPS) is 20.6. The van der Waals surface area contributed by atoms with Gasteiger partial charge in [0.05, 0.1) is 27.6 Å². The number of benzene rings is 2. The number of nitro benzene ring substituents is 1. The molecule has 1 fully saturated rings. The summed E-state index contributed by atoms with van der Waals surface area (Å²) in [5.41, 5.74) is 2.88. The zero-order chi connectivity index (χ0) is 20.5. The van der Waals surface area contributed by atoms with E-state index in [4.69, 9.17) is 11.6 Å². The van der Waals surface area contributed by atoms with Crippen LogP contribution in [0.15, 0.2) is 42.5 Å². The Hall–Kier alpha value is -2.80. The highest BCUT2D eigenvalue weighted by Gasteiger charge is 2.42. The third-order valence-electron chi connectivity index (χ3n) is 5.79. The minimum Gasteiger partial charge on any atom is -0.366 e. The second-order valence-corrected chi connectivity index (χ2v) is 7.84. The van der Waals surface area contributed by atoms with Crippen LogP contribution < -0.4 is 15.1 Å². The molecule has 152 valence electrons. The van der Waals surface area contributed by atoms with Gasteiger partial charge in [-0.1, -0.05) is 23.7 Å². The van der Waals surface area contributed by atoms with Crippen LogP contribution >= 0.6 is 11.6 Å². The summed E-state index contributed by atoms with van der Waals surface area (Å²) >= 11 is 6.41. The zero-order valence-corrected chi connectivity index (χ0v) is 16.9. The molecule has 1 N–H and O–H groups in total. The Balaban J connectivity index is 1.70. The third kappa shape index (κ3) is 3.62. The van der Waals surface area contributed by atoms with Gasteiger partial charge in [-0.3, -0.25) is 14.9 Å². The Bertz CT molecular complexity index is 951. The summed E-state index contributed by atoms with van der Waals surface area (Å²) in [7, 11) is 0. The fourth-order valence-electron chi connectivity index (χ4n) is 4.46. The molecule has 0 unspecified atom stereocenters. The van der Waals surface area contributed by atoms with E-state index < -0.39 is 0 Å². The lowest BCUT2D eigenvalue weighted by Crippen LogP contribution is -2.61. The molecule has 0 spiro atoms. The molecular formula is C21H23ClN4O3. The molecule has 2 aliphatic heterocycles. The van der Waals surface area contributed by atoms with E-state index in [2.05, 4.69) is 15.1 Å². The molecule has 0 saturated carbocycles. The van der Waals surface area contributed by atoms with Gasteiger partial charge in [-0.05, 0) is 37.1 Å². The van der Waals surface area contributed by atoms with Crippen molar-refractivity contribution in [2.45, 2.75) is 19.4 Å². The lowest BCUT2D eigenvalue weighted by molar-refractivity contribution is -0.384. The number of hydrogen-bond donors (Lipinski definition) is 1. The summed E-state index contributed by atoms with van der Waals surface area (Å²) in [4.78, 5) is 28.2. The van der Waals surface area contributed by atoms with Gasteiger partial charge in [-0.15, -0.1) is 0 Å². The predicted octanol–water partition coefficient (Wildman–Crippen LogP) is 3.25. The highest BCUT2D eigenvalue weighted by atomic mass is 35.5. The molecule has 8 heteroatoms. The van der Waals surface area contributed by atoms with Crippen LogP contribution in [0.4, 0.5) is 17.1 Å². The summed E-state index contributed by atoms with van der Waals surface area (Å²) in [6, 6.07) is 12.7. The maximum absolute atomic E-state index is 12.9. The molecule has 0 aromatic heterocycles. The Morgan fingerprint density at radius 2 is 2.03 bits per heavy atom. The number of hydrogen-bond acceptors (Lipinski definition) is 5. The van der Waals surface area contributed by atoms with Crippen LogP contribution in [0.3, 0.4) is 0 Å². The number of piperazine rings is 1. The van der Waals surface area contributed by atoms with E-state index in [-0.39, 0.29) is 28.5 Å². The fourth-order valence-corrected chi connectivity index (χ4v) is 4.71. The maximum Gasteiger partial charge on any atom is 0.269 e. The molecule has 4 rings (SSSR count). The lowest BCUT2D eigenvalue weighted by atomic mass is 9.83. The minimum absolute atomic E-state index is 0.0133. The number of nitro groups is 1. The number of anilines is 2. The van der Waals surface area contributed by atoms with E-state index in [1.807, 2.05) is 37.3 Å². The van der Waals surface area contributed by atoms with Gasteiger partial charge in [0.1, 0.15) is 0 Å². The van der Waals surface area contributed by atoms with E-state index in [1.165, 1.54) is 0 Å². The van der Waals surface area contributed by atoms with Gasteiger partial charge in [0.25, 0.3) is 5.69 Å². The number of nitrogens with zero attached hydrogens (tertiary/aromatic N) is 3. The van der Waals surface area contributed by atoms with E-state index in [1.54, 1.807) is 12.1 Å². The first-order valence-corrected chi connectivity index (χ1v) is 10.2. The first-order chi connectivity index (χ1) is 14.0. The second-order valence-electron chi connectivity index (χ2n) is 7.43. The van der Waals surface area contributed by atoms with Crippen molar-refractivity contribution >= 4 is 34.6 Å². The summed E-state index contributed by atoms with van der Waals surface area (Å²) < 4.78 is 0. The maximum atomic E-state index is 12.9. The van der Waals surface area contributed by atoms with E-state index in [0.717, 1.165) is 30.0 Å². The van der Waals surface area contributed by atoms with Crippen molar-refractivity contribution in [1.29, 1.82) is 0 Å². The van der Waals surface area contributed by atoms with Gasteiger partial charge < -0.3 is 15.1 Å². The van der Waals surface area contributed by atoms with Gasteiger partial charge in [-0.2, -0.15) is 0 Å². The van der Waals surface area contributed by atoms with Gasteiger partial charge in [-0.25, -0.2) is 0 Å². The smallest absolute Gasteiger partial charge is 0.269 e. The number of amides is 1. The number of fused-ring (bicyclic) bond motifs is 3. The highest BCUT2D eigenvalue weighted by molar-refractivity contribution is 6.33. The molecule has 2 atom stereocenters. The van der Waals surface area contributed by atoms with Crippen LogP contribution in [-0.4, -0.2) is 43.1 Å². The number of rotatable bonds is 4. The summed E-state index contributed by atoms with van der Waals surface area (Å²) in [5, 5.41) is 14.8. The molecule has 0 radical (unpaired) electrons. The van der Waals surface area contributed by atoms with Gasteiger partial charge in [0.15, 0.2) is 0 Å². The number of carbonyl (C=O) groups is 1. The van der Waals surface area contributed by atoms with Crippen molar-refractivity contribution in [3.8, 4) is 0 Å². The molecule has 2 aliphatic rings. The van der Waals surface area contributed by atoms with Gasteiger partial charge >= 0.3 is 0 Å². The third-order valence-corrected chi connectivity index (χ3v) is 6.11. The quantitative estimate of drug-likeness (QED) is 0.613. The van der Waals surface area contributed by atoms with E-state index >= 15 is 0 Å². The average Bonchev–Trinajstić information content (AvgIpc) is 2.72. The van der Waals surface area contributed by atoms with Crippen molar-refractivity contribution in [3.05, 3.63) is 63.2 Å². The van der Waals surface area contributed by atoms with Crippen LogP contribution in [0.1, 0.15) is 12.5 Å². The molecule has 1 amide bonds. The minimum atomic E-state index is -0.386. The first kappa shape index (κ1) is 19.5. The highest BCUT2D eigenvalue weighted by Crippen LogP contribution is 2.39. The average molecular weight is 415 g/mol. The standard InChI is InChI=1S/C21H23ClN4O3/c1-2-23-21(27)16-12-14-11-15(26(28)29)7-8-18(14)25-10-9-24(13-20(16)25)19-6-4-3-5-17(19)22/h3-8,11,16,20H,2,9-10,12-13H2,1H3,(H,23,27)/t16-,20-/m0/s1.